The average Bonchev–Trinajstić information content (AvgIpc) is 3.75. The van der Waals surface area contributed by atoms with Gasteiger partial charge < -0.3 is 14.6 Å². The maximum absolute atomic E-state index is 14.2. The minimum atomic E-state index is -0.0526. The zero-order valence-electron chi connectivity index (χ0n) is 26.1. The van der Waals surface area contributed by atoms with Crippen molar-refractivity contribution < 1.29 is 19.4 Å². The SMILES string of the molecule is O=C(c1ccc(O[C@H]2CCCC[C@@H]2N2CCCCC2)cc1)c1c(-c2ccc(OCCN3CCCC3)cc2)sc2c(O)cccc12. The van der Waals surface area contributed by atoms with Crippen LogP contribution >= 0.6 is 11.3 Å². The van der Waals surface area contributed by atoms with Crippen LogP contribution in [0.15, 0.2) is 66.7 Å². The Hall–Kier alpha value is -3.39. The molecule has 1 N–H and O–H groups in total. The molecule has 2 atom stereocenters. The van der Waals surface area contributed by atoms with Crippen LogP contribution in [0.2, 0.25) is 0 Å². The molecule has 1 aromatic heterocycles. The Labute approximate surface area is 270 Å². The summed E-state index contributed by atoms with van der Waals surface area (Å²) >= 11 is 1.46. The molecule has 3 fully saturated rings. The van der Waals surface area contributed by atoms with Crippen LogP contribution in [0.3, 0.4) is 0 Å². The zero-order valence-corrected chi connectivity index (χ0v) is 26.9. The summed E-state index contributed by atoms with van der Waals surface area (Å²) in [4.78, 5) is 20.1. The summed E-state index contributed by atoms with van der Waals surface area (Å²) in [7, 11) is 0. The molecule has 0 amide bonds. The minimum absolute atomic E-state index is 0.0526. The van der Waals surface area contributed by atoms with Crippen LogP contribution in [0.25, 0.3) is 20.5 Å². The summed E-state index contributed by atoms with van der Waals surface area (Å²) in [6.45, 7) is 6.29. The number of hydrogen-bond donors (Lipinski definition) is 1. The molecule has 4 aromatic rings. The number of rotatable bonds is 10. The van der Waals surface area contributed by atoms with Gasteiger partial charge in [-0.15, -0.1) is 11.3 Å². The van der Waals surface area contributed by atoms with Crippen LogP contribution in [0, 0.1) is 0 Å². The highest BCUT2D eigenvalue weighted by molar-refractivity contribution is 7.23. The lowest BCUT2D eigenvalue weighted by atomic mass is 9.90. The molecule has 0 bridgehead atoms. The molecule has 7 heteroatoms. The third-order valence-electron chi connectivity index (χ3n) is 9.84. The van der Waals surface area contributed by atoms with Gasteiger partial charge in [0.2, 0.25) is 0 Å². The van der Waals surface area contributed by atoms with Crippen molar-refractivity contribution in [3.05, 3.63) is 77.9 Å². The van der Waals surface area contributed by atoms with E-state index in [4.69, 9.17) is 9.47 Å². The van der Waals surface area contributed by atoms with Gasteiger partial charge in [-0.1, -0.05) is 25.0 Å². The number of likely N-dealkylation sites (tertiary alicyclic amines) is 2. The smallest absolute Gasteiger partial charge is 0.195 e. The first-order chi connectivity index (χ1) is 22.1. The second-order valence-corrected chi connectivity index (χ2v) is 13.9. The Morgan fingerprint density at radius 3 is 2.29 bits per heavy atom. The van der Waals surface area contributed by atoms with Crippen LogP contribution in [-0.4, -0.2) is 72.2 Å². The molecule has 236 valence electrons. The van der Waals surface area contributed by atoms with E-state index in [-0.39, 0.29) is 17.6 Å². The fourth-order valence-electron chi connectivity index (χ4n) is 7.42. The molecular formula is C38H44N2O4S. The maximum Gasteiger partial charge on any atom is 0.195 e. The molecule has 3 aliphatic rings. The number of nitrogens with zero attached hydrogens (tertiary/aromatic N) is 2. The van der Waals surface area contributed by atoms with E-state index >= 15 is 0 Å². The Morgan fingerprint density at radius 1 is 0.800 bits per heavy atom. The summed E-state index contributed by atoms with van der Waals surface area (Å²) in [5, 5.41) is 11.5. The van der Waals surface area contributed by atoms with Gasteiger partial charge in [-0.2, -0.15) is 0 Å². The van der Waals surface area contributed by atoms with Gasteiger partial charge in [0.25, 0.3) is 0 Å². The number of ether oxygens (including phenoxy) is 2. The summed E-state index contributed by atoms with van der Waals surface area (Å²) in [5.41, 5.74) is 2.18. The largest absolute Gasteiger partial charge is 0.506 e. The summed E-state index contributed by atoms with van der Waals surface area (Å²) < 4.78 is 13.4. The quantitative estimate of drug-likeness (QED) is 0.180. The Kier molecular flexibility index (Phi) is 9.38. The number of carbonyl (C=O) groups is 1. The Morgan fingerprint density at radius 2 is 1.51 bits per heavy atom. The van der Waals surface area contributed by atoms with Crippen LogP contribution in [0.4, 0.5) is 0 Å². The van der Waals surface area contributed by atoms with E-state index < -0.39 is 0 Å². The maximum atomic E-state index is 14.2. The van der Waals surface area contributed by atoms with E-state index in [0.717, 1.165) is 58.1 Å². The van der Waals surface area contributed by atoms with E-state index in [1.165, 1.54) is 75.8 Å². The topological polar surface area (TPSA) is 62.2 Å². The highest BCUT2D eigenvalue weighted by Crippen LogP contribution is 2.43. The molecule has 3 aromatic carbocycles. The number of benzene rings is 3. The molecule has 0 radical (unpaired) electrons. The number of phenolic OH excluding ortho intramolecular Hbond substituents is 1. The van der Waals surface area contributed by atoms with Crippen molar-refractivity contribution in [2.24, 2.45) is 0 Å². The first-order valence-electron chi connectivity index (χ1n) is 16.9. The lowest BCUT2D eigenvalue weighted by molar-refractivity contribution is 0.0261. The van der Waals surface area contributed by atoms with Gasteiger partial charge in [-0.25, -0.2) is 0 Å². The van der Waals surface area contributed by atoms with Crippen molar-refractivity contribution in [3.8, 4) is 27.7 Å². The second-order valence-electron chi connectivity index (χ2n) is 12.8. The number of thiophene rings is 1. The average molecular weight is 625 g/mol. The van der Waals surface area contributed by atoms with Crippen molar-refractivity contribution in [3.63, 3.8) is 0 Å². The molecule has 7 rings (SSSR count). The second kappa shape index (κ2) is 13.9. The lowest BCUT2D eigenvalue weighted by Crippen LogP contribution is -2.49. The molecule has 6 nitrogen and oxygen atoms in total. The highest BCUT2D eigenvalue weighted by Gasteiger charge is 2.32. The molecule has 1 aliphatic carbocycles. The summed E-state index contributed by atoms with van der Waals surface area (Å²) in [6, 6.07) is 21.6. The third-order valence-corrected chi connectivity index (χ3v) is 11.1. The number of phenols is 1. The van der Waals surface area contributed by atoms with Crippen molar-refractivity contribution in [2.75, 3.05) is 39.3 Å². The van der Waals surface area contributed by atoms with Gasteiger partial charge in [0.05, 0.1) is 4.70 Å². The predicted octanol–water partition coefficient (Wildman–Crippen LogP) is 8.16. The number of fused-ring (bicyclic) bond motifs is 1. The molecule has 0 spiro atoms. The van der Waals surface area contributed by atoms with Gasteiger partial charge >= 0.3 is 0 Å². The van der Waals surface area contributed by atoms with Crippen LogP contribution < -0.4 is 9.47 Å². The highest BCUT2D eigenvalue weighted by atomic mass is 32.1. The summed E-state index contributed by atoms with van der Waals surface area (Å²) in [5.74, 6) is 1.79. The van der Waals surface area contributed by atoms with Gasteiger partial charge in [-0.3, -0.25) is 14.6 Å². The number of ketones is 1. The predicted molar refractivity (Wildman–Crippen MR) is 182 cm³/mol. The molecule has 45 heavy (non-hydrogen) atoms. The molecule has 2 aliphatic heterocycles. The molecule has 3 heterocycles. The molecule has 2 saturated heterocycles. The Balaban J connectivity index is 1.10. The van der Waals surface area contributed by atoms with E-state index in [9.17, 15) is 9.90 Å². The van der Waals surface area contributed by atoms with Gasteiger partial charge in [-0.05, 0) is 131 Å². The van der Waals surface area contributed by atoms with E-state index in [1.807, 2.05) is 60.7 Å². The molecule has 1 saturated carbocycles. The third kappa shape index (κ3) is 6.76. The number of hydrogen-bond acceptors (Lipinski definition) is 7. The van der Waals surface area contributed by atoms with E-state index in [2.05, 4.69) is 9.80 Å². The van der Waals surface area contributed by atoms with Gasteiger partial charge in [0.15, 0.2) is 5.78 Å². The first kappa shape index (κ1) is 30.3. The van der Waals surface area contributed by atoms with E-state index in [1.54, 1.807) is 6.07 Å². The van der Waals surface area contributed by atoms with Gasteiger partial charge in [0.1, 0.15) is 30.0 Å². The van der Waals surface area contributed by atoms with Gasteiger partial charge in [0, 0.05) is 34.0 Å². The first-order valence-corrected chi connectivity index (χ1v) is 17.7. The number of aromatic hydroxyl groups is 1. The van der Waals surface area contributed by atoms with Crippen molar-refractivity contribution in [1.82, 2.24) is 9.80 Å². The van der Waals surface area contributed by atoms with Crippen LogP contribution in [0.5, 0.6) is 17.2 Å². The van der Waals surface area contributed by atoms with Crippen molar-refractivity contribution >= 4 is 27.2 Å². The van der Waals surface area contributed by atoms with Crippen molar-refractivity contribution in [2.45, 2.75) is 69.9 Å². The molecule has 0 unspecified atom stereocenters. The fourth-order valence-corrected chi connectivity index (χ4v) is 8.64. The normalized spacial score (nSPS) is 21.2. The fraction of sp³-hybridized carbons (Fsp3) is 0.447. The summed E-state index contributed by atoms with van der Waals surface area (Å²) in [6.07, 6.45) is 11.4. The number of carbonyl (C=O) groups excluding carboxylic acids is 1. The standard InChI is InChI=1S/C38H44N2O4S/c41-33-11-8-9-31-35(37(45-38(31)33)28-15-17-29(18-16-28)43-26-25-39-21-6-7-22-39)36(42)27-13-19-30(20-14-27)44-34-12-3-2-10-32(34)40-23-4-1-5-24-40/h8-9,11,13-20,32,34,41H,1-7,10,12,21-26H2/t32-,34-/m0/s1. The zero-order chi connectivity index (χ0) is 30.6. The lowest BCUT2D eigenvalue weighted by Gasteiger charge is -2.41. The minimum Gasteiger partial charge on any atom is -0.506 e. The van der Waals surface area contributed by atoms with Crippen molar-refractivity contribution in [1.29, 1.82) is 0 Å². The van der Waals surface area contributed by atoms with Crippen LogP contribution in [0.1, 0.15) is 73.7 Å². The number of piperidine rings is 1. The van der Waals surface area contributed by atoms with Crippen LogP contribution in [-0.2, 0) is 0 Å². The Bertz CT molecular complexity index is 1590. The van der Waals surface area contributed by atoms with E-state index in [0.29, 0.717) is 23.8 Å². The molecular weight excluding hydrogens is 580 g/mol. The monoisotopic (exact) mass is 624 g/mol.